The Hall–Kier alpha value is -3.05. The molecule has 0 aliphatic heterocycles. The zero-order valence-corrected chi connectivity index (χ0v) is 14.0. The van der Waals surface area contributed by atoms with Gasteiger partial charge in [-0.1, -0.05) is 29.8 Å². The fourth-order valence-corrected chi connectivity index (χ4v) is 2.97. The molecule has 0 atom stereocenters. The van der Waals surface area contributed by atoms with Gasteiger partial charge in [0.05, 0.1) is 16.7 Å². The maximum atomic E-state index is 11.4. The third kappa shape index (κ3) is 3.41. The molecule has 4 rings (SSSR count). The average Bonchev–Trinajstić information content (AvgIpc) is 2.99. The highest BCUT2D eigenvalue weighted by atomic mass is 35.5. The van der Waals surface area contributed by atoms with Gasteiger partial charge in [0, 0.05) is 29.5 Å². The monoisotopic (exact) mass is 350 g/mol. The number of H-pyrrole nitrogens is 2. The molecule has 0 aliphatic carbocycles. The van der Waals surface area contributed by atoms with Crippen molar-refractivity contribution in [1.82, 2.24) is 15.0 Å². The Kier molecular flexibility index (Phi) is 3.99. The summed E-state index contributed by atoms with van der Waals surface area (Å²) in [5.74, 6) is 0. The van der Waals surface area contributed by atoms with Crippen LogP contribution in [0.25, 0.3) is 22.2 Å². The van der Waals surface area contributed by atoms with Crippen molar-refractivity contribution < 1.29 is 0 Å². The number of imidazole rings is 1. The van der Waals surface area contributed by atoms with Crippen molar-refractivity contribution in [1.29, 1.82) is 0 Å². The molecule has 124 valence electrons. The van der Waals surface area contributed by atoms with Crippen LogP contribution in [0.2, 0.25) is 5.02 Å². The van der Waals surface area contributed by atoms with Gasteiger partial charge in [-0.15, -0.1) is 0 Å². The van der Waals surface area contributed by atoms with Crippen LogP contribution in [0.4, 0.5) is 5.69 Å². The highest BCUT2D eigenvalue weighted by Crippen LogP contribution is 2.24. The second-order valence-corrected chi connectivity index (χ2v) is 6.22. The molecule has 2 aromatic heterocycles. The minimum absolute atomic E-state index is 0.206. The zero-order chi connectivity index (χ0) is 17.2. The fraction of sp³-hybridized carbons (Fsp3) is 0.0526. The number of hydrogen-bond donors (Lipinski definition) is 3. The summed E-state index contributed by atoms with van der Waals surface area (Å²) in [7, 11) is 0. The van der Waals surface area contributed by atoms with E-state index in [2.05, 4.69) is 20.3 Å². The van der Waals surface area contributed by atoms with Crippen LogP contribution in [0.1, 0.15) is 5.56 Å². The van der Waals surface area contributed by atoms with Crippen LogP contribution in [0.3, 0.4) is 0 Å². The van der Waals surface area contributed by atoms with Gasteiger partial charge in [-0.3, -0.25) is 4.98 Å². The van der Waals surface area contributed by atoms with E-state index < -0.39 is 0 Å². The molecule has 0 unspecified atom stereocenters. The lowest BCUT2D eigenvalue weighted by Crippen LogP contribution is -2.00. The van der Waals surface area contributed by atoms with Gasteiger partial charge in [0.1, 0.15) is 0 Å². The SMILES string of the molecule is O=c1[nH]c2ccc(-c3cncc(NCc4cccc(Cl)c4)c3)cc2[nH]1. The van der Waals surface area contributed by atoms with Gasteiger partial charge < -0.3 is 15.3 Å². The van der Waals surface area contributed by atoms with Crippen LogP contribution < -0.4 is 11.0 Å². The molecule has 0 spiro atoms. The maximum absolute atomic E-state index is 11.4. The Bertz CT molecular complexity index is 1100. The van der Waals surface area contributed by atoms with Gasteiger partial charge in [0.25, 0.3) is 0 Å². The molecule has 3 N–H and O–H groups in total. The molecule has 0 fully saturated rings. The lowest BCUT2D eigenvalue weighted by atomic mass is 10.1. The molecule has 0 amide bonds. The van der Waals surface area contributed by atoms with Crippen molar-refractivity contribution in [2.45, 2.75) is 6.54 Å². The lowest BCUT2D eigenvalue weighted by Gasteiger charge is -2.09. The number of rotatable bonds is 4. The van der Waals surface area contributed by atoms with Crippen molar-refractivity contribution in [2.75, 3.05) is 5.32 Å². The molecule has 2 aromatic carbocycles. The van der Waals surface area contributed by atoms with E-state index in [9.17, 15) is 4.79 Å². The van der Waals surface area contributed by atoms with E-state index in [1.54, 1.807) is 12.4 Å². The van der Waals surface area contributed by atoms with Crippen LogP contribution in [-0.4, -0.2) is 15.0 Å². The smallest absolute Gasteiger partial charge is 0.323 e. The first-order chi connectivity index (χ1) is 12.2. The quantitative estimate of drug-likeness (QED) is 0.517. The molecule has 2 heterocycles. The van der Waals surface area contributed by atoms with Crippen molar-refractivity contribution in [3.05, 3.63) is 82.0 Å². The number of hydrogen-bond acceptors (Lipinski definition) is 3. The van der Waals surface area contributed by atoms with Crippen LogP contribution in [0.15, 0.2) is 65.7 Å². The van der Waals surface area contributed by atoms with Crippen LogP contribution in [-0.2, 0) is 6.54 Å². The van der Waals surface area contributed by atoms with E-state index in [0.29, 0.717) is 6.54 Å². The number of anilines is 1. The summed E-state index contributed by atoms with van der Waals surface area (Å²) in [4.78, 5) is 21.2. The first kappa shape index (κ1) is 15.5. The summed E-state index contributed by atoms with van der Waals surface area (Å²) < 4.78 is 0. The number of aromatic amines is 2. The van der Waals surface area contributed by atoms with E-state index in [-0.39, 0.29) is 5.69 Å². The van der Waals surface area contributed by atoms with E-state index in [1.807, 2.05) is 48.5 Å². The summed E-state index contributed by atoms with van der Waals surface area (Å²) in [6.07, 6.45) is 3.58. The number of nitrogens with one attached hydrogen (secondary N) is 3. The average molecular weight is 351 g/mol. The molecular formula is C19H15ClN4O. The Labute approximate surface area is 148 Å². The summed E-state index contributed by atoms with van der Waals surface area (Å²) in [5.41, 5.74) is 5.34. The van der Waals surface area contributed by atoms with Gasteiger partial charge >= 0.3 is 5.69 Å². The second kappa shape index (κ2) is 6.45. The van der Waals surface area contributed by atoms with Crippen LogP contribution in [0.5, 0.6) is 0 Å². The minimum Gasteiger partial charge on any atom is -0.380 e. The van der Waals surface area contributed by atoms with Crippen molar-refractivity contribution in [3.63, 3.8) is 0 Å². The summed E-state index contributed by atoms with van der Waals surface area (Å²) in [6.45, 7) is 0.663. The second-order valence-electron chi connectivity index (χ2n) is 5.79. The molecule has 0 bridgehead atoms. The fourth-order valence-electron chi connectivity index (χ4n) is 2.76. The predicted molar refractivity (Wildman–Crippen MR) is 101 cm³/mol. The minimum atomic E-state index is -0.206. The normalized spacial score (nSPS) is 10.9. The van der Waals surface area contributed by atoms with Gasteiger partial charge in [0.15, 0.2) is 0 Å². The molecule has 4 aromatic rings. The van der Waals surface area contributed by atoms with Gasteiger partial charge in [0.2, 0.25) is 0 Å². The van der Waals surface area contributed by atoms with Crippen LogP contribution in [0, 0.1) is 0 Å². The molecule has 0 radical (unpaired) electrons. The van der Waals surface area contributed by atoms with Gasteiger partial charge in [-0.25, -0.2) is 4.79 Å². The third-order valence-corrected chi connectivity index (χ3v) is 4.21. The van der Waals surface area contributed by atoms with Gasteiger partial charge in [-0.2, -0.15) is 0 Å². The number of nitrogens with zero attached hydrogens (tertiary/aromatic N) is 1. The Morgan fingerprint density at radius 3 is 2.72 bits per heavy atom. The van der Waals surface area contributed by atoms with E-state index in [4.69, 9.17) is 11.6 Å². The van der Waals surface area contributed by atoms with E-state index in [1.165, 1.54) is 0 Å². The molecule has 0 saturated carbocycles. The number of pyridine rings is 1. The third-order valence-electron chi connectivity index (χ3n) is 3.97. The summed E-state index contributed by atoms with van der Waals surface area (Å²) >= 11 is 6.01. The van der Waals surface area contributed by atoms with Crippen molar-refractivity contribution in [3.8, 4) is 11.1 Å². The topological polar surface area (TPSA) is 73.6 Å². The first-order valence-corrected chi connectivity index (χ1v) is 8.21. The highest BCUT2D eigenvalue weighted by Gasteiger charge is 2.04. The zero-order valence-electron chi connectivity index (χ0n) is 13.2. The maximum Gasteiger partial charge on any atom is 0.323 e. The largest absolute Gasteiger partial charge is 0.380 e. The number of halogens is 1. The molecular weight excluding hydrogens is 336 g/mol. The van der Waals surface area contributed by atoms with Gasteiger partial charge in [-0.05, 0) is 41.5 Å². The summed E-state index contributed by atoms with van der Waals surface area (Å²) in [5, 5.41) is 4.08. The van der Waals surface area contributed by atoms with E-state index >= 15 is 0 Å². The number of fused-ring (bicyclic) bond motifs is 1. The molecule has 25 heavy (non-hydrogen) atoms. The number of benzene rings is 2. The highest BCUT2D eigenvalue weighted by molar-refractivity contribution is 6.30. The molecule has 0 saturated heterocycles. The van der Waals surface area contributed by atoms with Crippen molar-refractivity contribution >= 4 is 28.3 Å². The van der Waals surface area contributed by atoms with Crippen molar-refractivity contribution in [2.24, 2.45) is 0 Å². The standard InChI is InChI=1S/C19H15ClN4O/c20-15-3-1-2-12(6-15)9-22-16-7-14(10-21-11-16)13-4-5-17-18(8-13)24-19(25)23-17/h1-8,10-11,22H,9H2,(H2,23,24,25). The van der Waals surface area contributed by atoms with E-state index in [0.717, 1.165) is 38.4 Å². The van der Waals surface area contributed by atoms with Crippen LogP contribution >= 0.6 is 11.6 Å². The number of aromatic nitrogens is 3. The Morgan fingerprint density at radius 1 is 0.960 bits per heavy atom. The predicted octanol–water partition coefficient (Wildman–Crippen LogP) is 4.18. The first-order valence-electron chi connectivity index (χ1n) is 7.83. The lowest BCUT2D eigenvalue weighted by molar-refractivity contribution is 1.14. The molecule has 0 aliphatic rings. The molecule has 5 nitrogen and oxygen atoms in total. The Morgan fingerprint density at radius 2 is 1.84 bits per heavy atom. The Balaban J connectivity index is 1.58. The molecule has 6 heteroatoms. The summed E-state index contributed by atoms with van der Waals surface area (Å²) in [6, 6.07) is 15.6.